The predicted octanol–water partition coefficient (Wildman–Crippen LogP) is 1.51. The quantitative estimate of drug-likeness (QED) is 0.794. The molecule has 0 aromatic heterocycles. The van der Waals surface area contributed by atoms with Crippen LogP contribution in [-0.2, 0) is 11.2 Å². The van der Waals surface area contributed by atoms with Crippen molar-refractivity contribution in [3.05, 3.63) is 35.4 Å². The van der Waals surface area contributed by atoms with Crippen LogP contribution >= 0.6 is 12.2 Å². The molecule has 1 aromatic rings. The maximum Gasteiger partial charge on any atom is 0.228 e. The molecular formula is C13H16N2OS. The topological polar surface area (TPSA) is 55.1 Å². The van der Waals surface area contributed by atoms with Crippen molar-refractivity contribution < 1.29 is 4.79 Å². The summed E-state index contributed by atoms with van der Waals surface area (Å²) in [5.41, 5.74) is 7.95. The van der Waals surface area contributed by atoms with E-state index < -0.39 is 0 Å². The van der Waals surface area contributed by atoms with Crippen molar-refractivity contribution in [1.82, 2.24) is 5.32 Å². The van der Waals surface area contributed by atoms with Crippen molar-refractivity contribution in [3.8, 4) is 0 Å². The molecule has 1 aliphatic carbocycles. The Kier molecular flexibility index (Phi) is 3.43. The zero-order chi connectivity index (χ0) is 12.4. The molecular weight excluding hydrogens is 232 g/mol. The molecule has 0 bridgehead atoms. The van der Waals surface area contributed by atoms with Crippen molar-refractivity contribution >= 4 is 23.1 Å². The van der Waals surface area contributed by atoms with Crippen molar-refractivity contribution in [3.63, 3.8) is 0 Å². The highest BCUT2D eigenvalue weighted by atomic mass is 32.1. The smallest absolute Gasteiger partial charge is 0.228 e. The molecule has 2 atom stereocenters. The highest BCUT2D eigenvalue weighted by molar-refractivity contribution is 7.80. The second-order valence-electron chi connectivity index (χ2n) is 4.33. The summed E-state index contributed by atoms with van der Waals surface area (Å²) in [6.07, 6.45) is 1.55. The zero-order valence-corrected chi connectivity index (χ0v) is 10.6. The van der Waals surface area contributed by atoms with Gasteiger partial charge in [0.2, 0.25) is 5.91 Å². The third-order valence-corrected chi connectivity index (χ3v) is 3.52. The van der Waals surface area contributed by atoms with Crippen LogP contribution in [0.5, 0.6) is 0 Å². The fourth-order valence-corrected chi connectivity index (χ4v) is 2.37. The van der Waals surface area contributed by atoms with Crippen LogP contribution < -0.4 is 11.1 Å². The van der Waals surface area contributed by atoms with Gasteiger partial charge in [0.1, 0.15) is 0 Å². The Labute approximate surface area is 106 Å². The second-order valence-corrected chi connectivity index (χ2v) is 4.80. The average Bonchev–Trinajstić information content (AvgIpc) is 2.27. The van der Waals surface area contributed by atoms with E-state index in [4.69, 9.17) is 18.0 Å². The predicted molar refractivity (Wildman–Crippen MR) is 71.9 cm³/mol. The second kappa shape index (κ2) is 4.84. The molecule has 0 spiro atoms. The van der Waals surface area contributed by atoms with E-state index in [2.05, 4.69) is 11.4 Å². The molecule has 1 amide bonds. The SMILES string of the molecule is CCC(NC(=O)C1Cc2ccccc21)C(N)=S. The lowest BCUT2D eigenvalue weighted by molar-refractivity contribution is -0.123. The maximum absolute atomic E-state index is 12.0. The summed E-state index contributed by atoms with van der Waals surface area (Å²) >= 11 is 4.92. The lowest BCUT2D eigenvalue weighted by atomic mass is 9.77. The Morgan fingerprint density at radius 3 is 2.88 bits per heavy atom. The van der Waals surface area contributed by atoms with Gasteiger partial charge in [-0.15, -0.1) is 0 Å². The lowest BCUT2D eigenvalue weighted by Gasteiger charge is -2.30. The Morgan fingerprint density at radius 1 is 1.59 bits per heavy atom. The van der Waals surface area contributed by atoms with Gasteiger partial charge in [-0.2, -0.15) is 0 Å². The van der Waals surface area contributed by atoms with Crippen LogP contribution in [0.3, 0.4) is 0 Å². The molecule has 0 saturated heterocycles. The van der Waals surface area contributed by atoms with Gasteiger partial charge < -0.3 is 11.1 Å². The first kappa shape index (κ1) is 12.0. The van der Waals surface area contributed by atoms with E-state index in [1.807, 2.05) is 25.1 Å². The number of hydrogen-bond acceptors (Lipinski definition) is 2. The Morgan fingerprint density at radius 2 is 2.29 bits per heavy atom. The van der Waals surface area contributed by atoms with Crippen molar-refractivity contribution in [2.45, 2.75) is 31.7 Å². The van der Waals surface area contributed by atoms with Gasteiger partial charge in [0.05, 0.1) is 16.9 Å². The number of amides is 1. The summed E-state index contributed by atoms with van der Waals surface area (Å²) < 4.78 is 0. The first-order valence-electron chi connectivity index (χ1n) is 5.81. The molecule has 4 heteroatoms. The van der Waals surface area contributed by atoms with Gasteiger partial charge in [0.25, 0.3) is 0 Å². The van der Waals surface area contributed by atoms with Crippen LogP contribution in [0.4, 0.5) is 0 Å². The number of hydrogen-bond donors (Lipinski definition) is 2. The van der Waals surface area contributed by atoms with E-state index in [1.165, 1.54) is 5.56 Å². The molecule has 1 aromatic carbocycles. The Balaban J connectivity index is 2.02. The van der Waals surface area contributed by atoms with E-state index in [1.54, 1.807) is 0 Å². The molecule has 0 fully saturated rings. The molecule has 1 aliphatic rings. The molecule has 3 nitrogen and oxygen atoms in total. The number of rotatable bonds is 4. The van der Waals surface area contributed by atoms with Crippen LogP contribution in [0.1, 0.15) is 30.4 Å². The Bertz CT molecular complexity index is 458. The standard InChI is InChI=1S/C13H16N2OS/c1-2-11(12(14)17)15-13(16)10-7-8-5-3-4-6-9(8)10/h3-6,10-11H,2,7H2,1H3,(H2,14,17)(H,15,16). The molecule has 0 heterocycles. The number of carbonyl (C=O) groups is 1. The normalized spacial score (nSPS) is 18.8. The van der Waals surface area contributed by atoms with Crippen LogP contribution in [0.15, 0.2) is 24.3 Å². The van der Waals surface area contributed by atoms with Crippen LogP contribution in [0, 0.1) is 0 Å². The van der Waals surface area contributed by atoms with E-state index in [9.17, 15) is 4.79 Å². The van der Waals surface area contributed by atoms with Gasteiger partial charge in [0, 0.05) is 0 Å². The van der Waals surface area contributed by atoms with E-state index >= 15 is 0 Å². The zero-order valence-electron chi connectivity index (χ0n) is 9.77. The summed E-state index contributed by atoms with van der Waals surface area (Å²) in [4.78, 5) is 12.4. The van der Waals surface area contributed by atoms with E-state index in [0.29, 0.717) is 4.99 Å². The minimum atomic E-state index is -0.190. The average molecular weight is 248 g/mol. The number of fused-ring (bicyclic) bond motifs is 1. The van der Waals surface area contributed by atoms with E-state index in [-0.39, 0.29) is 17.9 Å². The molecule has 0 aliphatic heterocycles. The monoisotopic (exact) mass is 248 g/mol. The molecule has 17 heavy (non-hydrogen) atoms. The fourth-order valence-electron chi connectivity index (χ4n) is 2.14. The highest BCUT2D eigenvalue weighted by Crippen LogP contribution is 2.34. The molecule has 2 unspecified atom stereocenters. The molecule has 3 N–H and O–H groups in total. The fraction of sp³-hybridized carbons (Fsp3) is 0.385. The van der Waals surface area contributed by atoms with Crippen LogP contribution in [0.25, 0.3) is 0 Å². The number of thiocarbonyl (C=S) groups is 1. The first-order chi connectivity index (χ1) is 8.13. The van der Waals surface area contributed by atoms with Crippen molar-refractivity contribution in [1.29, 1.82) is 0 Å². The first-order valence-corrected chi connectivity index (χ1v) is 6.21. The number of nitrogens with two attached hydrogens (primary N) is 1. The van der Waals surface area contributed by atoms with Crippen LogP contribution in [-0.4, -0.2) is 16.9 Å². The van der Waals surface area contributed by atoms with Gasteiger partial charge in [-0.05, 0) is 24.0 Å². The van der Waals surface area contributed by atoms with Crippen molar-refractivity contribution in [2.75, 3.05) is 0 Å². The number of carbonyl (C=O) groups excluding carboxylic acids is 1. The molecule has 2 rings (SSSR count). The summed E-state index contributed by atoms with van der Waals surface area (Å²) in [5, 5.41) is 2.90. The maximum atomic E-state index is 12.0. The molecule has 90 valence electrons. The molecule has 0 radical (unpaired) electrons. The Hall–Kier alpha value is -1.42. The minimum absolute atomic E-state index is 0.0309. The van der Waals surface area contributed by atoms with E-state index in [0.717, 1.165) is 18.4 Å². The summed E-state index contributed by atoms with van der Waals surface area (Å²) in [5.74, 6) is -0.00190. The summed E-state index contributed by atoms with van der Waals surface area (Å²) in [7, 11) is 0. The van der Waals surface area contributed by atoms with Gasteiger partial charge in [-0.25, -0.2) is 0 Å². The van der Waals surface area contributed by atoms with Crippen LogP contribution in [0.2, 0.25) is 0 Å². The summed E-state index contributed by atoms with van der Waals surface area (Å²) in [6, 6.07) is 7.83. The largest absolute Gasteiger partial charge is 0.392 e. The van der Waals surface area contributed by atoms with Crippen molar-refractivity contribution in [2.24, 2.45) is 5.73 Å². The van der Waals surface area contributed by atoms with Gasteiger partial charge >= 0.3 is 0 Å². The van der Waals surface area contributed by atoms with Gasteiger partial charge in [-0.3, -0.25) is 4.79 Å². The third-order valence-electron chi connectivity index (χ3n) is 3.24. The van der Waals surface area contributed by atoms with Gasteiger partial charge in [-0.1, -0.05) is 43.4 Å². The summed E-state index contributed by atoms with van der Waals surface area (Å²) in [6.45, 7) is 1.96. The lowest BCUT2D eigenvalue weighted by Crippen LogP contribution is -2.46. The third kappa shape index (κ3) is 2.31. The number of benzene rings is 1. The van der Waals surface area contributed by atoms with Gasteiger partial charge in [0.15, 0.2) is 0 Å². The minimum Gasteiger partial charge on any atom is -0.392 e. The molecule has 0 saturated carbocycles. The highest BCUT2D eigenvalue weighted by Gasteiger charge is 2.32. The number of nitrogens with one attached hydrogen (secondary N) is 1.